The van der Waals surface area contributed by atoms with Crippen molar-refractivity contribution in [3.8, 4) is 0 Å². The average Bonchev–Trinajstić information content (AvgIpc) is 2.61. The van der Waals surface area contributed by atoms with Gasteiger partial charge < -0.3 is 5.32 Å². The fourth-order valence-electron chi connectivity index (χ4n) is 2.48. The number of carbonyl (C=O) groups is 1. The van der Waals surface area contributed by atoms with Crippen molar-refractivity contribution in [2.75, 3.05) is 25.2 Å². The van der Waals surface area contributed by atoms with Crippen LogP contribution in [-0.2, 0) is 26.0 Å². The molecule has 0 saturated heterocycles. The molecule has 0 aromatic heterocycles. The predicted molar refractivity (Wildman–Crippen MR) is 117 cm³/mol. The maximum absolute atomic E-state index is 12.1. The van der Waals surface area contributed by atoms with Crippen LogP contribution >= 0.6 is 11.8 Å². The number of thioether (sulfide) groups is 1. The number of anilines is 1. The monoisotopic (exact) mass is 420 g/mol. The third-order valence-corrected chi connectivity index (χ3v) is 7.07. The molecule has 0 radical (unpaired) electrons. The minimum atomic E-state index is -3.46. The van der Waals surface area contributed by atoms with E-state index in [-0.39, 0.29) is 16.2 Å². The highest BCUT2D eigenvalue weighted by molar-refractivity contribution is 7.99. The van der Waals surface area contributed by atoms with Crippen LogP contribution in [0, 0.1) is 0 Å². The third kappa shape index (κ3) is 6.09. The van der Waals surface area contributed by atoms with E-state index in [0.717, 1.165) is 10.1 Å². The van der Waals surface area contributed by atoms with Crippen molar-refractivity contribution in [1.29, 1.82) is 0 Å². The molecule has 0 heterocycles. The number of hydrogen-bond donors (Lipinski definition) is 1. The minimum absolute atomic E-state index is 0.112. The van der Waals surface area contributed by atoms with E-state index in [1.54, 1.807) is 23.9 Å². The Kier molecular flexibility index (Phi) is 7.31. The Morgan fingerprint density at radius 3 is 2.07 bits per heavy atom. The Bertz CT molecular complexity index is 898. The predicted octanol–water partition coefficient (Wildman–Crippen LogP) is 4.11. The van der Waals surface area contributed by atoms with Gasteiger partial charge in [0.25, 0.3) is 0 Å². The van der Waals surface area contributed by atoms with Gasteiger partial charge in [-0.15, -0.1) is 11.8 Å². The smallest absolute Gasteiger partial charge is 0.242 e. The van der Waals surface area contributed by atoms with Gasteiger partial charge >= 0.3 is 0 Å². The van der Waals surface area contributed by atoms with Crippen molar-refractivity contribution in [3.63, 3.8) is 0 Å². The van der Waals surface area contributed by atoms with Crippen LogP contribution in [0.15, 0.2) is 53.4 Å². The first kappa shape index (κ1) is 22.5. The topological polar surface area (TPSA) is 66.5 Å². The van der Waals surface area contributed by atoms with Gasteiger partial charge in [-0.3, -0.25) is 4.79 Å². The van der Waals surface area contributed by atoms with Gasteiger partial charge in [0.1, 0.15) is 0 Å². The van der Waals surface area contributed by atoms with Gasteiger partial charge in [-0.2, -0.15) is 0 Å². The first-order valence-corrected chi connectivity index (χ1v) is 11.6. The van der Waals surface area contributed by atoms with E-state index in [1.165, 1.54) is 37.4 Å². The average molecular weight is 421 g/mol. The van der Waals surface area contributed by atoms with Crippen LogP contribution in [0.5, 0.6) is 0 Å². The van der Waals surface area contributed by atoms with Crippen molar-refractivity contribution in [2.45, 2.75) is 36.8 Å². The summed E-state index contributed by atoms with van der Waals surface area (Å²) in [6.07, 6.45) is 0. The largest absolute Gasteiger partial charge is 0.325 e. The second-order valence-electron chi connectivity index (χ2n) is 7.80. The van der Waals surface area contributed by atoms with E-state index in [9.17, 15) is 13.2 Å². The number of nitrogens with one attached hydrogen (secondary N) is 1. The van der Waals surface area contributed by atoms with Gasteiger partial charge in [-0.25, -0.2) is 12.7 Å². The summed E-state index contributed by atoms with van der Waals surface area (Å²) in [4.78, 5) is 12.3. The van der Waals surface area contributed by atoms with Gasteiger partial charge in [-0.05, 0) is 40.8 Å². The van der Waals surface area contributed by atoms with Crippen molar-refractivity contribution in [2.24, 2.45) is 0 Å². The number of rotatable bonds is 7. The molecule has 0 fully saturated rings. The Labute approximate surface area is 172 Å². The molecule has 2 aromatic rings. The molecule has 1 N–H and O–H groups in total. The van der Waals surface area contributed by atoms with E-state index < -0.39 is 10.0 Å². The zero-order valence-corrected chi connectivity index (χ0v) is 18.7. The van der Waals surface area contributed by atoms with E-state index in [1.807, 2.05) is 0 Å². The number of nitrogens with zero attached hydrogens (tertiary/aromatic N) is 1. The molecule has 0 bridgehead atoms. The van der Waals surface area contributed by atoms with E-state index >= 15 is 0 Å². The van der Waals surface area contributed by atoms with Crippen LogP contribution in [0.4, 0.5) is 5.69 Å². The van der Waals surface area contributed by atoms with Gasteiger partial charge in [0.15, 0.2) is 0 Å². The van der Waals surface area contributed by atoms with E-state index in [0.29, 0.717) is 11.4 Å². The lowest BCUT2D eigenvalue weighted by atomic mass is 9.87. The highest BCUT2D eigenvalue weighted by atomic mass is 32.2. The zero-order valence-electron chi connectivity index (χ0n) is 17.0. The second-order valence-corrected chi connectivity index (χ2v) is 10.9. The lowest BCUT2D eigenvalue weighted by Gasteiger charge is -2.19. The number of carbonyl (C=O) groups excluding carboxylic acids is 1. The highest BCUT2D eigenvalue weighted by Crippen LogP contribution is 2.23. The molecule has 0 saturated carbocycles. The lowest BCUT2D eigenvalue weighted by Crippen LogP contribution is -2.22. The van der Waals surface area contributed by atoms with E-state index in [2.05, 4.69) is 50.4 Å². The van der Waals surface area contributed by atoms with Crippen molar-refractivity contribution < 1.29 is 13.2 Å². The molecule has 5 nitrogen and oxygen atoms in total. The normalized spacial score (nSPS) is 12.2. The molecule has 152 valence electrons. The Morgan fingerprint density at radius 2 is 1.57 bits per heavy atom. The first-order valence-electron chi connectivity index (χ1n) is 9.00. The first-order chi connectivity index (χ1) is 13.0. The number of amides is 1. The van der Waals surface area contributed by atoms with Crippen LogP contribution in [0.3, 0.4) is 0 Å². The summed E-state index contributed by atoms with van der Waals surface area (Å²) in [6, 6.07) is 14.7. The Balaban J connectivity index is 1.84. The summed E-state index contributed by atoms with van der Waals surface area (Å²) >= 11 is 1.54. The molecule has 0 aliphatic heterocycles. The third-order valence-electron chi connectivity index (χ3n) is 4.24. The van der Waals surface area contributed by atoms with Gasteiger partial charge in [0.05, 0.1) is 10.6 Å². The molecule has 0 aliphatic rings. The van der Waals surface area contributed by atoms with Gasteiger partial charge in [0, 0.05) is 25.5 Å². The minimum Gasteiger partial charge on any atom is -0.325 e. The standard InChI is InChI=1S/C21H28N2O3S2/c1-21(2,3)17-8-6-16(7-9-17)14-27-15-20(24)22-18-10-12-19(13-11-18)28(25,26)23(4)5/h6-13H,14-15H2,1-5H3,(H,22,24). The van der Waals surface area contributed by atoms with Crippen molar-refractivity contribution in [1.82, 2.24) is 4.31 Å². The SMILES string of the molecule is CN(C)S(=O)(=O)c1ccc(NC(=O)CSCc2ccc(C(C)(C)C)cc2)cc1. The second kappa shape index (κ2) is 9.11. The zero-order chi connectivity index (χ0) is 20.9. The number of benzene rings is 2. The molecule has 2 aromatic carbocycles. The maximum atomic E-state index is 12.1. The molecule has 0 aliphatic carbocycles. The number of sulfonamides is 1. The molecule has 0 atom stereocenters. The van der Waals surface area contributed by atoms with E-state index in [4.69, 9.17) is 0 Å². The van der Waals surface area contributed by atoms with Gasteiger partial charge in [0.2, 0.25) is 15.9 Å². The fourth-order valence-corrected chi connectivity index (χ4v) is 4.17. The van der Waals surface area contributed by atoms with Crippen LogP contribution in [-0.4, -0.2) is 38.5 Å². The van der Waals surface area contributed by atoms with Crippen molar-refractivity contribution >= 4 is 33.4 Å². The summed E-state index contributed by atoms with van der Waals surface area (Å²) in [5.41, 5.74) is 3.19. The highest BCUT2D eigenvalue weighted by Gasteiger charge is 2.17. The van der Waals surface area contributed by atoms with Crippen LogP contribution in [0.1, 0.15) is 31.9 Å². The van der Waals surface area contributed by atoms with Crippen LogP contribution < -0.4 is 5.32 Å². The van der Waals surface area contributed by atoms with Crippen LogP contribution in [0.2, 0.25) is 0 Å². The number of hydrogen-bond acceptors (Lipinski definition) is 4. The summed E-state index contributed by atoms with van der Waals surface area (Å²) in [7, 11) is -0.493. The molecular weight excluding hydrogens is 392 g/mol. The molecule has 2 rings (SSSR count). The molecular formula is C21H28N2O3S2. The molecule has 1 amide bonds. The summed E-state index contributed by atoms with van der Waals surface area (Å²) in [5.74, 6) is 0.982. The molecule has 0 spiro atoms. The molecule has 7 heteroatoms. The summed E-state index contributed by atoms with van der Waals surface area (Å²) < 4.78 is 25.3. The lowest BCUT2D eigenvalue weighted by molar-refractivity contribution is -0.113. The maximum Gasteiger partial charge on any atom is 0.242 e. The molecule has 0 unspecified atom stereocenters. The van der Waals surface area contributed by atoms with Crippen LogP contribution in [0.25, 0.3) is 0 Å². The fraction of sp³-hybridized carbons (Fsp3) is 0.381. The van der Waals surface area contributed by atoms with Gasteiger partial charge in [-0.1, -0.05) is 45.0 Å². The summed E-state index contributed by atoms with van der Waals surface area (Å²) in [5, 5.41) is 2.80. The van der Waals surface area contributed by atoms with Crippen molar-refractivity contribution in [3.05, 3.63) is 59.7 Å². The quantitative estimate of drug-likeness (QED) is 0.732. The molecule has 28 heavy (non-hydrogen) atoms. The Hall–Kier alpha value is -1.83. The summed E-state index contributed by atoms with van der Waals surface area (Å²) in [6.45, 7) is 6.55. The Morgan fingerprint density at radius 1 is 1.00 bits per heavy atom.